The molecule has 100 valence electrons. The highest BCUT2D eigenvalue weighted by molar-refractivity contribution is 7.09. The van der Waals surface area contributed by atoms with E-state index in [-0.39, 0.29) is 11.9 Å². The summed E-state index contributed by atoms with van der Waals surface area (Å²) in [7, 11) is 0. The Hall–Kier alpha value is -2.15. The summed E-state index contributed by atoms with van der Waals surface area (Å²) in [6, 6.07) is 1.42. The number of nitrogens with one attached hydrogen (secondary N) is 1. The van der Waals surface area contributed by atoms with E-state index in [0.717, 1.165) is 10.7 Å². The summed E-state index contributed by atoms with van der Waals surface area (Å²) in [4.78, 5) is 19.7. The predicted octanol–water partition coefficient (Wildman–Crippen LogP) is 1.70. The van der Waals surface area contributed by atoms with Crippen LogP contribution in [0.25, 0.3) is 0 Å². The lowest BCUT2D eigenvalue weighted by atomic mass is 10.2. The van der Waals surface area contributed by atoms with Crippen LogP contribution >= 0.6 is 11.3 Å². The molecule has 1 unspecified atom stereocenters. The first-order valence-electron chi connectivity index (χ1n) is 5.71. The Morgan fingerprint density at radius 2 is 2.26 bits per heavy atom. The minimum absolute atomic E-state index is 0.0396. The standard InChI is InChI=1S/C12H15N5OS/c1-6-5-19-12(16-6)7(2)17-9-4-15-10(13)3-8(9)11(14)18/h3-5,7,17H,1-2H3,(H2,13,15)(H2,14,18). The van der Waals surface area contributed by atoms with Crippen molar-refractivity contribution in [2.75, 3.05) is 11.1 Å². The molecule has 0 bridgehead atoms. The Balaban J connectivity index is 2.26. The fourth-order valence-electron chi connectivity index (χ4n) is 1.66. The van der Waals surface area contributed by atoms with Crippen LogP contribution in [0.5, 0.6) is 0 Å². The van der Waals surface area contributed by atoms with E-state index >= 15 is 0 Å². The number of nitrogen functional groups attached to an aromatic ring is 1. The maximum Gasteiger partial charge on any atom is 0.250 e. The van der Waals surface area contributed by atoms with Gasteiger partial charge >= 0.3 is 0 Å². The number of nitrogens with two attached hydrogens (primary N) is 2. The van der Waals surface area contributed by atoms with E-state index in [1.54, 1.807) is 11.3 Å². The molecule has 0 saturated carbocycles. The van der Waals surface area contributed by atoms with Gasteiger partial charge in [-0.25, -0.2) is 9.97 Å². The van der Waals surface area contributed by atoms with Gasteiger partial charge in [0.2, 0.25) is 0 Å². The van der Waals surface area contributed by atoms with Crippen LogP contribution in [0, 0.1) is 6.92 Å². The van der Waals surface area contributed by atoms with Gasteiger partial charge in [-0.2, -0.15) is 0 Å². The zero-order valence-corrected chi connectivity index (χ0v) is 11.5. The van der Waals surface area contributed by atoms with Crippen molar-refractivity contribution in [2.45, 2.75) is 19.9 Å². The molecule has 1 atom stereocenters. The van der Waals surface area contributed by atoms with Gasteiger partial charge in [-0.3, -0.25) is 4.79 Å². The molecule has 19 heavy (non-hydrogen) atoms. The van der Waals surface area contributed by atoms with Crippen LogP contribution in [0.3, 0.4) is 0 Å². The monoisotopic (exact) mass is 277 g/mol. The molecule has 2 aromatic heterocycles. The number of aryl methyl sites for hydroxylation is 1. The molecule has 0 saturated heterocycles. The van der Waals surface area contributed by atoms with E-state index in [1.807, 2.05) is 19.2 Å². The van der Waals surface area contributed by atoms with Gasteiger partial charge in [-0.05, 0) is 19.9 Å². The number of carbonyl (C=O) groups is 1. The highest BCUT2D eigenvalue weighted by Gasteiger charge is 2.14. The predicted molar refractivity (Wildman–Crippen MR) is 76.1 cm³/mol. The summed E-state index contributed by atoms with van der Waals surface area (Å²) in [5.41, 5.74) is 12.7. The van der Waals surface area contributed by atoms with E-state index in [9.17, 15) is 4.79 Å². The Kier molecular flexibility index (Phi) is 3.66. The summed E-state index contributed by atoms with van der Waals surface area (Å²) >= 11 is 1.56. The van der Waals surface area contributed by atoms with Crippen molar-refractivity contribution in [3.63, 3.8) is 0 Å². The fourth-order valence-corrected chi connectivity index (χ4v) is 2.46. The average molecular weight is 277 g/mol. The molecule has 5 N–H and O–H groups in total. The molecule has 0 spiro atoms. The summed E-state index contributed by atoms with van der Waals surface area (Å²) < 4.78 is 0. The lowest BCUT2D eigenvalue weighted by Gasteiger charge is -2.15. The van der Waals surface area contributed by atoms with Crippen molar-refractivity contribution in [3.8, 4) is 0 Å². The molecule has 0 aliphatic rings. The van der Waals surface area contributed by atoms with Gasteiger partial charge in [0.15, 0.2) is 0 Å². The first-order chi connectivity index (χ1) is 8.97. The Morgan fingerprint density at radius 1 is 1.53 bits per heavy atom. The number of thiazole rings is 1. The maximum atomic E-state index is 11.4. The molecule has 0 fully saturated rings. The van der Waals surface area contributed by atoms with Crippen LogP contribution in [0.2, 0.25) is 0 Å². The number of hydrogen-bond acceptors (Lipinski definition) is 6. The van der Waals surface area contributed by atoms with Crippen molar-refractivity contribution < 1.29 is 4.79 Å². The van der Waals surface area contributed by atoms with E-state index in [4.69, 9.17) is 11.5 Å². The summed E-state index contributed by atoms with van der Waals surface area (Å²) in [5, 5.41) is 6.09. The van der Waals surface area contributed by atoms with E-state index in [2.05, 4.69) is 15.3 Å². The molecule has 0 radical (unpaired) electrons. The minimum atomic E-state index is -0.542. The van der Waals surface area contributed by atoms with Gasteiger partial charge < -0.3 is 16.8 Å². The lowest BCUT2D eigenvalue weighted by molar-refractivity contribution is 0.100. The number of rotatable bonds is 4. The van der Waals surface area contributed by atoms with Crippen LogP contribution in [0.15, 0.2) is 17.6 Å². The number of primary amides is 1. The molecule has 6 nitrogen and oxygen atoms in total. The second-order valence-electron chi connectivity index (χ2n) is 4.21. The number of amides is 1. The summed E-state index contributed by atoms with van der Waals surface area (Å²) in [5.74, 6) is -0.281. The number of nitrogens with zero attached hydrogens (tertiary/aromatic N) is 2. The van der Waals surface area contributed by atoms with Crippen LogP contribution in [0.1, 0.15) is 34.0 Å². The first-order valence-corrected chi connectivity index (χ1v) is 6.59. The maximum absolute atomic E-state index is 11.4. The molecular formula is C12H15N5OS. The Bertz CT molecular complexity index is 610. The third kappa shape index (κ3) is 3.00. The third-order valence-corrected chi connectivity index (χ3v) is 3.72. The van der Waals surface area contributed by atoms with E-state index < -0.39 is 5.91 Å². The van der Waals surface area contributed by atoms with Crippen molar-refractivity contribution in [3.05, 3.63) is 33.9 Å². The molecule has 0 aromatic carbocycles. The number of pyridine rings is 1. The van der Waals surface area contributed by atoms with Crippen molar-refractivity contribution in [1.29, 1.82) is 0 Å². The largest absolute Gasteiger partial charge is 0.384 e. The number of anilines is 2. The van der Waals surface area contributed by atoms with Crippen molar-refractivity contribution in [2.24, 2.45) is 5.73 Å². The average Bonchev–Trinajstić information content (AvgIpc) is 2.78. The molecule has 0 aliphatic heterocycles. The lowest BCUT2D eigenvalue weighted by Crippen LogP contribution is -2.17. The summed E-state index contributed by atoms with van der Waals surface area (Å²) in [6.07, 6.45) is 1.51. The highest BCUT2D eigenvalue weighted by Crippen LogP contribution is 2.24. The van der Waals surface area contributed by atoms with Gasteiger partial charge in [-0.15, -0.1) is 11.3 Å². The van der Waals surface area contributed by atoms with E-state index in [0.29, 0.717) is 11.3 Å². The minimum Gasteiger partial charge on any atom is -0.384 e. The van der Waals surface area contributed by atoms with Gasteiger partial charge in [0.05, 0.1) is 23.5 Å². The third-order valence-electron chi connectivity index (χ3n) is 2.57. The number of carbonyl (C=O) groups excluding carboxylic acids is 1. The number of aromatic nitrogens is 2. The Labute approximate surface area is 114 Å². The zero-order valence-electron chi connectivity index (χ0n) is 10.7. The second kappa shape index (κ2) is 5.23. The molecule has 0 aliphatic carbocycles. The Morgan fingerprint density at radius 3 is 2.84 bits per heavy atom. The van der Waals surface area contributed by atoms with Gasteiger partial charge in [0.25, 0.3) is 5.91 Å². The van der Waals surface area contributed by atoms with Crippen molar-refractivity contribution in [1.82, 2.24) is 9.97 Å². The van der Waals surface area contributed by atoms with Crippen LogP contribution < -0.4 is 16.8 Å². The number of hydrogen-bond donors (Lipinski definition) is 3. The van der Waals surface area contributed by atoms with Crippen LogP contribution in [-0.2, 0) is 0 Å². The van der Waals surface area contributed by atoms with Crippen LogP contribution in [-0.4, -0.2) is 15.9 Å². The molecule has 7 heteroatoms. The molecular weight excluding hydrogens is 262 g/mol. The van der Waals surface area contributed by atoms with Crippen molar-refractivity contribution >= 4 is 28.7 Å². The zero-order chi connectivity index (χ0) is 14.0. The van der Waals surface area contributed by atoms with Gasteiger partial charge in [-0.1, -0.05) is 0 Å². The molecule has 2 aromatic rings. The topological polar surface area (TPSA) is 107 Å². The van der Waals surface area contributed by atoms with Crippen LogP contribution in [0.4, 0.5) is 11.5 Å². The quantitative estimate of drug-likeness (QED) is 0.788. The SMILES string of the molecule is Cc1csc(C(C)Nc2cnc(N)cc2C(N)=O)n1. The molecule has 2 rings (SSSR count). The smallest absolute Gasteiger partial charge is 0.250 e. The van der Waals surface area contributed by atoms with E-state index in [1.165, 1.54) is 12.3 Å². The molecule has 1 amide bonds. The highest BCUT2D eigenvalue weighted by atomic mass is 32.1. The molecule has 2 heterocycles. The normalized spacial score (nSPS) is 12.1. The first kappa shape index (κ1) is 13.3. The summed E-state index contributed by atoms with van der Waals surface area (Å²) in [6.45, 7) is 3.89. The fraction of sp³-hybridized carbons (Fsp3) is 0.250. The van der Waals surface area contributed by atoms with Gasteiger partial charge in [0, 0.05) is 11.1 Å². The second-order valence-corrected chi connectivity index (χ2v) is 5.10. The van der Waals surface area contributed by atoms with Gasteiger partial charge in [0.1, 0.15) is 10.8 Å².